The first kappa shape index (κ1) is 23.5. The molecule has 0 fully saturated rings. The molecule has 0 N–H and O–H groups in total. The Kier molecular flexibility index (Phi) is 7.56. The van der Waals surface area contributed by atoms with Gasteiger partial charge in [-0.25, -0.2) is 0 Å². The first-order chi connectivity index (χ1) is 14.5. The molecule has 3 heteroatoms. The first-order valence-electron chi connectivity index (χ1n) is 10.3. The van der Waals surface area contributed by atoms with Gasteiger partial charge in [0.1, 0.15) is 34.2 Å². The van der Waals surface area contributed by atoms with Crippen LogP contribution in [0.15, 0.2) is 97.1 Å². The zero-order chi connectivity index (χ0) is 21.1. The molecule has 0 saturated carbocycles. The molecule has 4 aromatic carbocycles. The van der Waals surface area contributed by atoms with Crippen molar-refractivity contribution in [2.45, 2.75) is 20.8 Å². The lowest BCUT2D eigenvalue weighted by Gasteiger charge is -2.28. The Morgan fingerprint density at radius 3 is 1.26 bits per heavy atom. The molecule has 0 radical (unpaired) electrons. The van der Waals surface area contributed by atoms with E-state index in [9.17, 15) is 0 Å². The van der Waals surface area contributed by atoms with E-state index in [1.54, 1.807) is 7.11 Å². The van der Waals surface area contributed by atoms with Gasteiger partial charge in [-0.15, -0.1) is 0 Å². The van der Waals surface area contributed by atoms with Crippen LogP contribution in [-0.4, -0.2) is 7.11 Å². The summed E-state index contributed by atoms with van der Waals surface area (Å²) in [4.78, 5) is 0. The number of hydrogen-bond donors (Lipinski definition) is 0. The third-order valence-corrected chi connectivity index (χ3v) is 9.98. The van der Waals surface area contributed by atoms with Crippen molar-refractivity contribution in [1.82, 2.24) is 0 Å². The van der Waals surface area contributed by atoms with Crippen LogP contribution in [0.2, 0.25) is 0 Å². The highest BCUT2D eigenvalue weighted by Crippen LogP contribution is 2.54. The molecular weight excluding hydrogens is 510 g/mol. The number of hydrogen-bond acceptors (Lipinski definition) is 1. The summed E-state index contributed by atoms with van der Waals surface area (Å²) in [5.41, 5.74) is 3.82. The van der Waals surface area contributed by atoms with Gasteiger partial charge in [0.15, 0.2) is 0 Å². The van der Waals surface area contributed by atoms with E-state index in [4.69, 9.17) is 4.74 Å². The largest absolute Gasteiger partial charge is 1.00 e. The Labute approximate surface area is 203 Å². The summed E-state index contributed by atoms with van der Waals surface area (Å²) in [6.07, 6.45) is 0. The maximum atomic E-state index is 5.63. The van der Waals surface area contributed by atoms with Crippen LogP contribution in [0.3, 0.4) is 0 Å². The van der Waals surface area contributed by atoms with E-state index in [0.29, 0.717) is 0 Å². The van der Waals surface area contributed by atoms with Crippen LogP contribution in [0, 0.1) is 20.8 Å². The van der Waals surface area contributed by atoms with Gasteiger partial charge < -0.3 is 28.7 Å². The van der Waals surface area contributed by atoms with Crippen LogP contribution in [0.4, 0.5) is 0 Å². The summed E-state index contributed by atoms with van der Waals surface area (Å²) in [5, 5.41) is 5.37. The van der Waals surface area contributed by atoms with Crippen LogP contribution < -0.4 is 49.9 Å². The van der Waals surface area contributed by atoms with Crippen LogP contribution in [-0.2, 0) is 0 Å². The van der Waals surface area contributed by atoms with Gasteiger partial charge in [0.05, 0.1) is 7.11 Å². The second-order valence-electron chi connectivity index (χ2n) is 7.88. The smallest absolute Gasteiger partial charge is 0.144 e. The Hall–Kier alpha value is -2.16. The van der Waals surface area contributed by atoms with Crippen molar-refractivity contribution >= 4 is 28.5 Å². The minimum Gasteiger partial charge on any atom is -1.00 e. The summed E-state index contributed by atoms with van der Waals surface area (Å²) in [7, 11) is -0.346. The van der Waals surface area contributed by atoms with Crippen molar-refractivity contribution in [1.29, 1.82) is 0 Å². The summed E-state index contributed by atoms with van der Waals surface area (Å²) in [6.45, 7) is 6.44. The van der Waals surface area contributed by atoms with E-state index >= 15 is 0 Å². The zero-order valence-corrected chi connectivity index (χ0v) is 21.5. The Morgan fingerprint density at radius 2 is 0.903 bits per heavy atom. The predicted octanol–water partition coefficient (Wildman–Crippen LogP) is 2.24. The van der Waals surface area contributed by atoms with Gasteiger partial charge in [-0.05, 0) is 69.3 Å². The molecule has 0 aliphatic heterocycles. The van der Waals surface area contributed by atoms with E-state index in [1.165, 1.54) is 37.9 Å². The molecule has 0 saturated heterocycles. The Balaban J connectivity index is 0.00000272. The van der Waals surface area contributed by atoms with Crippen LogP contribution in [0.1, 0.15) is 16.7 Å². The molecule has 0 bridgehead atoms. The van der Waals surface area contributed by atoms with Crippen LogP contribution in [0.25, 0.3) is 0 Å². The van der Waals surface area contributed by atoms with Gasteiger partial charge in [-0.2, -0.15) is 0 Å². The van der Waals surface area contributed by atoms with Gasteiger partial charge in [-0.3, -0.25) is 0 Å². The van der Waals surface area contributed by atoms with Gasteiger partial charge in [0.25, 0.3) is 0 Å². The molecule has 4 rings (SSSR count). The Morgan fingerprint density at radius 1 is 0.516 bits per heavy atom. The first-order valence-corrected chi connectivity index (χ1v) is 12.1. The van der Waals surface area contributed by atoms with Gasteiger partial charge in [0.2, 0.25) is 0 Å². The number of rotatable bonds is 5. The lowest BCUT2D eigenvalue weighted by molar-refractivity contribution is -0.00000637. The molecule has 4 aromatic rings. The predicted molar refractivity (Wildman–Crippen MR) is 132 cm³/mol. The molecule has 0 unspecified atom stereocenters. The minimum absolute atomic E-state index is 0. The fourth-order valence-electron chi connectivity index (χ4n) is 4.02. The fourth-order valence-corrected chi connectivity index (χ4v) is 8.23. The maximum Gasteiger partial charge on any atom is 0.144 e. The van der Waals surface area contributed by atoms with Gasteiger partial charge in [-0.1, -0.05) is 59.2 Å². The second kappa shape index (κ2) is 9.97. The third-order valence-electron chi connectivity index (χ3n) is 5.70. The third kappa shape index (κ3) is 4.56. The highest BCUT2D eigenvalue weighted by molar-refractivity contribution is 8.01. The maximum absolute atomic E-state index is 5.63. The molecule has 1 nitrogen and oxygen atoms in total. The highest BCUT2D eigenvalue weighted by Gasteiger charge is 2.48. The standard InChI is InChI=1S/C28H28OP.HI/c1-21-8-14-25(15-9-21)30(26-16-10-22(2)11-17-26,27-18-12-23(3)13-19-27)28-7-5-6-24(20-28)29-4;/h5-20H,1-4H3;1H/q+1;/p-1. The van der Waals surface area contributed by atoms with Gasteiger partial charge >= 0.3 is 0 Å². The van der Waals surface area contributed by atoms with Crippen molar-refractivity contribution in [2.75, 3.05) is 7.11 Å². The molecule has 158 valence electrons. The lowest BCUT2D eigenvalue weighted by Crippen LogP contribution is -3.00. The molecule has 0 heterocycles. The van der Waals surface area contributed by atoms with Crippen molar-refractivity contribution in [3.8, 4) is 5.75 Å². The van der Waals surface area contributed by atoms with E-state index in [0.717, 1.165) is 5.75 Å². The number of methoxy groups -OCH3 is 1. The van der Waals surface area contributed by atoms with Crippen molar-refractivity contribution in [3.05, 3.63) is 114 Å². The molecule has 0 aromatic heterocycles. The van der Waals surface area contributed by atoms with Crippen molar-refractivity contribution in [3.63, 3.8) is 0 Å². The average Bonchev–Trinajstić information content (AvgIpc) is 2.78. The number of benzene rings is 4. The molecule has 0 amide bonds. The Bertz CT molecular complexity index is 1020. The van der Waals surface area contributed by atoms with Gasteiger partial charge in [0, 0.05) is 6.07 Å². The minimum atomic E-state index is -2.09. The summed E-state index contributed by atoms with van der Waals surface area (Å²) < 4.78 is 5.63. The summed E-state index contributed by atoms with van der Waals surface area (Å²) in [6, 6.07) is 35.8. The number of halogens is 1. The summed E-state index contributed by atoms with van der Waals surface area (Å²) in [5.74, 6) is 0.892. The zero-order valence-electron chi connectivity index (χ0n) is 18.5. The summed E-state index contributed by atoms with van der Waals surface area (Å²) >= 11 is 0. The molecule has 31 heavy (non-hydrogen) atoms. The molecule has 0 aliphatic carbocycles. The van der Waals surface area contributed by atoms with Crippen molar-refractivity contribution < 1.29 is 28.7 Å². The second-order valence-corrected chi connectivity index (χ2v) is 11.3. The molecule has 0 spiro atoms. The SMILES string of the molecule is COc1cccc([P+](c2ccc(C)cc2)(c2ccc(C)cc2)c2ccc(C)cc2)c1.[I-]. The quantitative estimate of drug-likeness (QED) is 0.280. The lowest BCUT2D eigenvalue weighted by atomic mass is 10.2. The topological polar surface area (TPSA) is 9.23 Å². The van der Waals surface area contributed by atoms with Crippen LogP contribution in [0.5, 0.6) is 5.75 Å². The van der Waals surface area contributed by atoms with Crippen molar-refractivity contribution in [2.24, 2.45) is 0 Å². The number of ether oxygens (including phenoxy) is 1. The van der Waals surface area contributed by atoms with E-state index in [2.05, 4.69) is 112 Å². The fraction of sp³-hybridized carbons (Fsp3) is 0.143. The number of aryl methyl sites for hydroxylation is 3. The molecule has 0 aliphatic rings. The monoisotopic (exact) mass is 538 g/mol. The van der Waals surface area contributed by atoms with E-state index in [-0.39, 0.29) is 24.0 Å². The molecule has 0 atom stereocenters. The average molecular weight is 538 g/mol. The molecular formula is C28H28IOP. The van der Waals surface area contributed by atoms with E-state index in [1.807, 2.05) is 6.07 Å². The van der Waals surface area contributed by atoms with Crippen LogP contribution >= 0.6 is 7.26 Å². The highest BCUT2D eigenvalue weighted by atomic mass is 127. The van der Waals surface area contributed by atoms with E-state index < -0.39 is 7.26 Å². The normalized spacial score (nSPS) is 11.0.